The molecule has 0 bridgehead atoms. The van der Waals surface area contributed by atoms with Crippen molar-refractivity contribution in [2.75, 3.05) is 6.54 Å². The van der Waals surface area contributed by atoms with Gasteiger partial charge in [0.05, 0.1) is 18.8 Å². The molecular formula is C21H23F2N3O2. The number of benzene rings is 2. The largest absolute Gasteiger partial charge is 0.390 e. The van der Waals surface area contributed by atoms with E-state index in [1.807, 2.05) is 13.8 Å². The first-order valence-electron chi connectivity index (χ1n) is 9.20. The number of amides is 2. The highest BCUT2D eigenvalue weighted by atomic mass is 19.1. The summed E-state index contributed by atoms with van der Waals surface area (Å²) >= 11 is 0. The van der Waals surface area contributed by atoms with Crippen LogP contribution in [0.5, 0.6) is 0 Å². The Morgan fingerprint density at radius 2 is 2.04 bits per heavy atom. The number of carbonyl (C=O) groups is 1. The minimum Gasteiger partial charge on any atom is -0.390 e. The molecule has 1 N–H and O–H groups in total. The summed E-state index contributed by atoms with van der Waals surface area (Å²) in [4.78, 5) is 19.6. The highest BCUT2D eigenvalue weighted by Gasteiger charge is 2.27. The van der Waals surface area contributed by atoms with Crippen LogP contribution in [0.2, 0.25) is 0 Å². The van der Waals surface area contributed by atoms with Crippen molar-refractivity contribution in [3.05, 3.63) is 71.3 Å². The number of hydrogen-bond acceptors (Lipinski definition) is 3. The molecule has 5 nitrogen and oxygen atoms in total. The molecule has 1 heterocycles. The molecule has 3 rings (SSSR count). The van der Waals surface area contributed by atoms with E-state index in [9.17, 15) is 13.6 Å². The second-order valence-electron chi connectivity index (χ2n) is 7.06. The predicted molar refractivity (Wildman–Crippen MR) is 103 cm³/mol. The van der Waals surface area contributed by atoms with Crippen LogP contribution in [0.15, 0.2) is 53.7 Å². The van der Waals surface area contributed by atoms with Gasteiger partial charge in [0.25, 0.3) is 0 Å². The van der Waals surface area contributed by atoms with E-state index in [0.29, 0.717) is 23.3 Å². The van der Waals surface area contributed by atoms with E-state index >= 15 is 0 Å². The van der Waals surface area contributed by atoms with Crippen LogP contribution in [0.4, 0.5) is 13.6 Å². The zero-order chi connectivity index (χ0) is 20.1. The van der Waals surface area contributed by atoms with Crippen LogP contribution in [0.25, 0.3) is 0 Å². The quantitative estimate of drug-likeness (QED) is 0.812. The fourth-order valence-corrected chi connectivity index (χ4v) is 3.00. The monoisotopic (exact) mass is 387 g/mol. The molecule has 0 spiro atoms. The van der Waals surface area contributed by atoms with Gasteiger partial charge in [-0.25, -0.2) is 13.6 Å². The lowest BCUT2D eigenvalue weighted by atomic mass is 10.0. The molecule has 1 aliphatic heterocycles. The molecule has 2 aromatic rings. The van der Waals surface area contributed by atoms with E-state index in [2.05, 4.69) is 10.5 Å². The third-order valence-corrected chi connectivity index (χ3v) is 4.33. The maximum absolute atomic E-state index is 14.1. The Kier molecular flexibility index (Phi) is 6.23. The standard InChI is InChI=1S/C21H23F2N3O2/c1-14(2)24-21(27)26(12-16-6-3-4-9-19(16)23)13-18-11-20(25-28-18)15-7-5-8-17(22)10-15/h3-10,14,18H,11-13H2,1-2H3,(H,24,27)/t18-/m0/s1. The minimum absolute atomic E-state index is 0.0563. The summed E-state index contributed by atoms with van der Waals surface area (Å²) in [7, 11) is 0. The average Bonchev–Trinajstić information content (AvgIpc) is 3.11. The Bertz CT molecular complexity index is 870. The Morgan fingerprint density at radius 3 is 2.75 bits per heavy atom. The van der Waals surface area contributed by atoms with Crippen molar-refractivity contribution in [3.8, 4) is 0 Å². The number of hydrogen-bond donors (Lipinski definition) is 1. The van der Waals surface area contributed by atoms with Gasteiger partial charge >= 0.3 is 6.03 Å². The van der Waals surface area contributed by atoms with Crippen LogP contribution in [0, 0.1) is 11.6 Å². The maximum atomic E-state index is 14.1. The first kappa shape index (κ1) is 19.8. The van der Waals surface area contributed by atoms with Gasteiger partial charge in [0.15, 0.2) is 6.10 Å². The first-order valence-corrected chi connectivity index (χ1v) is 9.20. The zero-order valence-electron chi connectivity index (χ0n) is 15.9. The van der Waals surface area contributed by atoms with Gasteiger partial charge in [-0.05, 0) is 32.0 Å². The van der Waals surface area contributed by atoms with Crippen LogP contribution in [0.1, 0.15) is 31.4 Å². The van der Waals surface area contributed by atoms with Crippen molar-refractivity contribution < 1.29 is 18.4 Å². The Balaban J connectivity index is 1.69. The van der Waals surface area contributed by atoms with Crippen LogP contribution < -0.4 is 5.32 Å². The normalized spacial score (nSPS) is 15.9. The summed E-state index contributed by atoms with van der Waals surface area (Å²) in [6.07, 6.45) is 0.0505. The molecule has 0 fully saturated rings. The SMILES string of the molecule is CC(C)NC(=O)N(Cc1ccccc1F)C[C@@H]1CC(c2cccc(F)c2)=NO1. The lowest BCUT2D eigenvalue weighted by Gasteiger charge is -2.26. The molecule has 0 aliphatic carbocycles. The van der Waals surface area contributed by atoms with Gasteiger partial charge < -0.3 is 15.1 Å². The van der Waals surface area contributed by atoms with Crippen LogP contribution in [0.3, 0.4) is 0 Å². The van der Waals surface area contributed by atoms with Crippen molar-refractivity contribution in [2.24, 2.45) is 5.16 Å². The summed E-state index contributed by atoms with van der Waals surface area (Å²) in [6, 6.07) is 12.1. The molecule has 28 heavy (non-hydrogen) atoms. The van der Waals surface area contributed by atoms with E-state index in [1.54, 1.807) is 30.3 Å². The van der Waals surface area contributed by atoms with Gasteiger partial charge in [-0.3, -0.25) is 0 Å². The minimum atomic E-state index is -0.386. The molecule has 148 valence electrons. The van der Waals surface area contributed by atoms with Gasteiger partial charge in [-0.2, -0.15) is 0 Å². The molecule has 1 aliphatic rings. The molecule has 0 aromatic heterocycles. The summed E-state index contributed by atoms with van der Waals surface area (Å²) in [5.41, 5.74) is 1.69. The molecule has 1 atom stereocenters. The maximum Gasteiger partial charge on any atom is 0.318 e. The van der Waals surface area contributed by atoms with Gasteiger partial charge in [-0.15, -0.1) is 0 Å². The molecule has 7 heteroatoms. The topological polar surface area (TPSA) is 53.9 Å². The third-order valence-electron chi connectivity index (χ3n) is 4.33. The third kappa shape index (κ3) is 5.06. The number of rotatable bonds is 6. The van der Waals surface area contributed by atoms with Crippen LogP contribution >= 0.6 is 0 Å². The van der Waals surface area contributed by atoms with E-state index in [-0.39, 0.29) is 42.9 Å². The van der Waals surface area contributed by atoms with E-state index in [4.69, 9.17) is 4.84 Å². The molecule has 0 saturated heterocycles. The van der Waals surface area contributed by atoms with Crippen molar-refractivity contribution in [1.29, 1.82) is 0 Å². The first-order chi connectivity index (χ1) is 13.4. The van der Waals surface area contributed by atoms with Crippen molar-refractivity contribution >= 4 is 11.7 Å². The summed E-state index contributed by atoms with van der Waals surface area (Å²) in [6.45, 7) is 4.06. The predicted octanol–water partition coefficient (Wildman–Crippen LogP) is 4.08. The fourth-order valence-electron chi connectivity index (χ4n) is 3.00. The smallest absolute Gasteiger partial charge is 0.318 e. The number of nitrogens with one attached hydrogen (secondary N) is 1. The molecule has 0 saturated carbocycles. The molecule has 2 amide bonds. The summed E-state index contributed by atoms with van der Waals surface area (Å²) in [5, 5.41) is 6.87. The lowest BCUT2D eigenvalue weighted by Crippen LogP contribution is -2.45. The number of urea groups is 1. The lowest BCUT2D eigenvalue weighted by molar-refractivity contribution is 0.0584. The highest BCUT2D eigenvalue weighted by molar-refractivity contribution is 6.01. The average molecular weight is 387 g/mol. The van der Waals surface area contributed by atoms with Crippen LogP contribution in [-0.2, 0) is 11.4 Å². The molecule has 0 radical (unpaired) electrons. The Morgan fingerprint density at radius 1 is 1.25 bits per heavy atom. The van der Waals surface area contributed by atoms with Crippen molar-refractivity contribution in [2.45, 2.75) is 39.0 Å². The molecule has 2 aromatic carbocycles. The fraction of sp³-hybridized carbons (Fsp3) is 0.333. The summed E-state index contributed by atoms with van der Waals surface area (Å²) in [5.74, 6) is -0.713. The Labute approximate surface area is 163 Å². The van der Waals surface area contributed by atoms with Gasteiger partial charge in [0, 0.05) is 23.6 Å². The second-order valence-corrected chi connectivity index (χ2v) is 7.06. The second kappa shape index (κ2) is 8.82. The van der Waals surface area contributed by atoms with Crippen LogP contribution in [-0.4, -0.2) is 35.3 Å². The van der Waals surface area contributed by atoms with E-state index in [1.165, 1.54) is 23.1 Å². The van der Waals surface area contributed by atoms with E-state index in [0.717, 1.165) is 0 Å². The zero-order valence-corrected chi connectivity index (χ0v) is 15.9. The number of oxime groups is 1. The number of halogens is 2. The molecule has 0 unspecified atom stereocenters. The van der Waals surface area contributed by atoms with Crippen molar-refractivity contribution in [1.82, 2.24) is 10.2 Å². The Hall–Kier alpha value is -2.96. The van der Waals surface area contributed by atoms with Gasteiger partial charge in [-0.1, -0.05) is 35.5 Å². The van der Waals surface area contributed by atoms with Gasteiger partial charge in [0.2, 0.25) is 0 Å². The molecular weight excluding hydrogens is 364 g/mol. The highest BCUT2D eigenvalue weighted by Crippen LogP contribution is 2.20. The van der Waals surface area contributed by atoms with Crippen molar-refractivity contribution in [3.63, 3.8) is 0 Å². The summed E-state index contributed by atoms with van der Waals surface area (Å²) < 4.78 is 27.5. The van der Waals surface area contributed by atoms with Gasteiger partial charge in [0.1, 0.15) is 11.6 Å². The number of carbonyl (C=O) groups excluding carboxylic acids is 1. The van der Waals surface area contributed by atoms with E-state index < -0.39 is 0 Å². The number of nitrogens with zero attached hydrogens (tertiary/aromatic N) is 2.